The van der Waals surface area contributed by atoms with Crippen molar-refractivity contribution < 1.29 is 9.59 Å². The molecule has 0 saturated heterocycles. The number of amides is 1. The Morgan fingerprint density at radius 3 is 2.42 bits per heavy atom. The lowest BCUT2D eigenvalue weighted by Crippen LogP contribution is -2.44. The van der Waals surface area contributed by atoms with Crippen LogP contribution >= 0.6 is 0 Å². The Morgan fingerprint density at radius 2 is 1.89 bits per heavy atom. The molecular formula is C15H20N2O2. The largest absolute Gasteiger partial charge is 0.334 e. The van der Waals surface area contributed by atoms with Gasteiger partial charge in [0.15, 0.2) is 0 Å². The summed E-state index contributed by atoms with van der Waals surface area (Å²) in [7, 11) is 0. The van der Waals surface area contributed by atoms with E-state index in [-0.39, 0.29) is 18.0 Å². The molecule has 0 aliphatic carbocycles. The molecule has 2 rings (SSSR count). The van der Waals surface area contributed by atoms with Crippen LogP contribution in [0, 0.1) is 0 Å². The van der Waals surface area contributed by atoms with E-state index in [4.69, 9.17) is 0 Å². The molecule has 1 aromatic rings. The van der Waals surface area contributed by atoms with Crippen LogP contribution in [0.25, 0.3) is 0 Å². The number of hydrogen-bond acceptors (Lipinski definition) is 3. The predicted octanol–water partition coefficient (Wildman–Crippen LogP) is 1.49. The minimum absolute atomic E-state index is 0.125. The van der Waals surface area contributed by atoms with Gasteiger partial charge in [0.05, 0.1) is 6.54 Å². The Morgan fingerprint density at radius 1 is 1.32 bits per heavy atom. The molecule has 19 heavy (non-hydrogen) atoms. The van der Waals surface area contributed by atoms with Crippen LogP contribution in [0.5, 0.6) is 0 Å². The van der Waals surface area contributed by atoms with Crippen molar-refractivity contribution in [2.24, 2.45) is 0 Å². The average Bonchev–Trinajstić information content (AvgIpc) is 2.80. The van der Waals surface area contributed by atoms with Crippen molar-refractivity contribution in [3.63, 3.8) is 0 Å². The monoisotopic (exact) mass is 260 g/mol. The van der Waals surface area contributed by atoms with E-state index in [2.05, 4.69) is 17.4 Å². The molecule has 102 valence electrons. The molecule has 4 nitrogen and oxygen atoms in total. The van der Waals surface area contributed by atoms with Crippen molar-refractivity contribution in [3.05, 3.63) is 35.4 Å². The van der Waals surface area contributed by atoms with E-state index < -0.39 is 0 Å². The summed E-state index contributed by atoms with van der Waals surface area (Å²) in [5, 5.41) is 3.07. The summed E-state index contributed by atoms with van der Waals surface area (Å²) in [6.45, 7) is 5.55. The van der Waals surface area contributed by atoms with Crippen LogP contribution in [0.4, 0.5) is 0 Å². The smallest absolute Gasteiger partial charge is 0.225 e. The third-order valence-corrected chi connectivity index (χ3v) is 3.45. The molecule has 0 radical (unpaired) electrons. The van der Waals surface area contributed by atoms with Gasteiger partial charge in [-0.3, -0.25) is 4.79 Å². The molecule has 0 spiro atoms. The molecule has 1 aliphatic rings. The highest BCUT2D eigenvalue weighted by Crippen LogP contribution is 2.24. The molecule has 4 heteroatoms. The van der Waals surface area contributed by atoms with Gasteiger partial charge in [0.2, 0.25) is 5.91 Å². The number of hydrogen-bond donors (Lipinski definition) is 1. The average molecular weight is 260 g/mol. The molecule has 0 atom stereocenters. The van der Waals surface area contributed by atoms with Crippen LogP contribution in [-0.2, 0) is 22.7 Å². The number of fused-ring (bicyclic) bond motifs is 1. The Balaban J connectivity index is 1.94. The summed E-state index contributed by atoms with van der Waals surface area (Å²) in [4.78, 5) is 24.5. The maximum Gasteiger partial charge on any atom is 0.225 e. The van der Waals surface area contributed by atoms with Crippen molar-refractivity contribution in [3.8, 4) is 0 Å². The predicted molar refractivity (Wildman–Crippen MR) is 73.5 cm³/mol. The zero-order valence-corrected chi connectivity index (χ0v) is 11.5. The van der Waals surface area contributed by atoms with Gasteiger partial charge in [-0.1, -0.05) is 24.3 Å². The zero-order chi connectivity index (χ0) is 13.9. The van der Waals surface area contributed by atoms with Crippen LogP contribution in [-0.4, -0.2) is 29.2 Å². The highest BCUT2D eigenvalue weighted by Gasteiger charge is 2.28. The first-order valence-corrected chi connectivity index (χ1v) is 6.55. The van der Waals surface area contributed by atoms with Crippen molar-refractivity contribution >= 4 is 12.2 Å². The maximum absolute atomic E-state index is 12.3. The Hall–Kier alpha value is -1.68. The molecule has 0 saturated carbocycles. The van der Waals surface area contributed by atoms with Gasteiger partial charge in [-0.05, 0) is 25.0 Å². The van der Waals surface area contributed by atoms with Crippen LogP contribution < -0.4 is 5.32 Å². The molecule has 1 aliphatic heterocycles. The zero-order valence-electron chi connectivity index (χ0n) is 11.5. The first-order chi connectivity index (χ1) is 9.02. The van der Waals surface area contributed by atoms with E-state index in [1.54, 1.807) is 0 Å². The highest BCUT2D eigenvalue weighted by atomic mass is 16.2. The number of carbonyl (C=O) groups excluding carboxylic acids is 2. The number of nitrogens with one attached hydrogen (secondary N) is 1. The molecule has 1 heterocycles. The summed E-state index contributed by atoms with van der Waals surface area (Å²) in [5.74, 6) is 0.125. The van der Waals surface area contributed by atoms with Crippen LogP contribution in [0.2, 0.25) is 0 Å². The van der Waals surface area contributed by atoms with E-state index in [0.29, 0.717) is 19.5 Å². The number of rotatable bonds is 5. The maximum atomic E-state index is 12.3. The number of benzene rings is 1. The summed E-state index contributed by atoms with van der Waals surface area (Å²) in [6.07, 6.45) is 1.22. The minimum Gasteiger partial charge on any atom is -0.334 e. The third-order valence-electron chi connectivity index (χ3n) is 3.45. The fourth-order valence-electron chi connectivity index (χ4n) is 2.38. The molecule has 1 amide bonds. The topological polar surface area (TPSA) is 49.4 Å². The molecule has 0 aromatic heterocycles. The summed E-state index contributed by atoms with van der Waals surface area (Å²) < 4.78 is 0. The molecule has 0 fully saturated rings. The lowest BCUT2D eigenvalue weighted by atomic mass is 10.00. The first kappa shape index (κ1) is 13.7. The van der Waals surface area contributed by atoms with Gasteiger partial charge in [-0.25, -0.2) is 0 Å². The van der Waals surface area contributed by atoms with Gasteiger partial charge in [0.1, 0.15) is 6.29 Å². The highest BCUT2D eigenvalue weighted by molar-refractivity contribution is 5.78. The van der Waals surface area contributed by atoms with Crippen LogP contribution in [0.1, 0.15) is 31.4 Å². The van der Waals surface area contributed by atoms with E-state index in [1.807, 2.05) is 30.9 Å². The van der Waals surface area contributed by atoms with Crippen molar-refractivity contribution in [1.29, 1.82) is 0 Å². The van der Waals surface area contributed by atoms with Crippen molar-refractivity contribution in [2.45, 2.75) is 38.9 Å². The van der Waals surface area contributed by atoms with E-state index in [1.165, 1.54) is 11.1 Å². The fourth-order valence-corrected chi connectivity index (χ4v) is 2.38. The molecule has 1 aromatic carbocycles. The summed E-state index contributed by atoms with van der Waals surface area (Å²) in [5.41, 5.74) is 2.11. The molecular weight excluding hydrogens is 240 g/mol. The van der Waals surface area contributed by atoms with Crippen LogP contribution in [0.15, 0.2) is 24.3 Å². The number of carbonyl (C=O) groups is 2. The van der Waals surface area contributed by atoms with Crippen LogP contribution in [0.3, 0.4) is 0 Å². The van der Waals surface area contributed by atoms with Gasteiger partial charge < -0.3 is 15.0 Å². The Bertz CT molecular complexity index is 458. The van der Waals surface area contributed by atoms with Gasteiger partial charge in [0, 0.05) is 25.0 Å². The number of nitrogens with zero attached hydrogens (tertiary/aromatic N) is 1. The lowest BCUT2D eigenvalue weighted by Gasteiger charge is -2.27. The molecule has 0 unspecified atom stereocenters. The summed E-state index contributed by atoms with van der Waals surface area (Å²) >= 11 is 0. The SMILES string of the molecule is CC(C)(CC(=O)N1Cc2ccccc2C1)NCC=O. The van der Waals surface area contributed by atoms with Gasteiger partial charge in [0.25, 0.3) is 0 Å². The standard InChI is InChI=1S/C15H20N2O2/c1-15(2,16-7-8-18)9-14(19)17-10-12-5-3-4-6-13(12)11-17/h3-6,8,16H,7,9-11H2,1-2H3. The second-order valence-corrected chi connectivity index (χ2v) is 5.63. The van der Waals surface area contributed by atoms with E-state index in [9.17, 15) is 9.59 Å². The number of aldehydes is 1. The molecule has 0 bridgehead atoms. The summed E-state index contributed by atoms with van der Waals surface area (Å²) in [6, 6.07) is 8.14. The third kappa shape index (κ3) is 3.41. The molecule has 1 N–H and O–H groups in total. The quantitative estimate of drug-likeness (QED) is 0.816. The van der Waals surface area contributed by atoms with E-state index >= 15 is 0 Å². The second-order valence-electron chi connectivity index (χ2n) is 5.63. The van der Waals surface area contributed by atoms with Gasteiger partial charge in [-0.15, -0.1) is 0 Å². The first-order valence-electron chi connectivity index (χ1n) is 6.55. The van der Waals surface area contributed by atoms with Crippen molar-refractivity contribution in [1.82, 2.24) is 10.2 Å². The second kappa shape index (κ2) is 5.53. The normalized spacial score (nSPS) is 14.3. The van der Waals surface area contributed by atoms with E-state index in [0.717, 1.165) is 6.29 Å². The van der Waals surface area contributed by atoms with Crippen molar-refractivity contribution in [2.75, 3.05) is 6.54 Å². The fraction of sp³-hybridized carbons (Fsp3) is 0.467. The van der Waals surface area contributed by atoms with Gasteiger partial charge in [-0.2, -0.15) is 0 Å². The Labute approximate surface area is 113 Å². The minimum atomic E-state index is -0.354. The Kier molecular flexibility index (Phi) is 4.00. The van der Waals surface area contributed by atoms with Gasteiger partial charge >= 0.3 is 0 Å². The lowest BCUT2D eigenvalue weighted by molar-refractivity contribution is -0.133.